The summed E-state index contributed by atoms with van der Waals surface area (Å²) in [5.74, 6) is -0.554. The summed E-state index contributed by atoms with van der Waals surface area (Å²) in [7, 11) is 0. The number of phenolic OH excluding ortho intramolecular Hbond substituents is 1. The summed E-state index contributed by atoms with van der Waals surface area (Å²) in [4.78, 5) is 22.9. The number of carbonyl (C=O) groups is 1. The minimum absolute atomic E-state index is 0.00795. The standard InChI is InChI=1S/C52H60N2O11/c1-2-25-63-52-48(54(32-38-19-21-46-47(28-38)62-35-61-46)51(58)60-27-26-59-33-36-13-5-3-6-14-36)31-44(53-64-34-37-15-7-4-8-16-37)42-29-39(17-9-11-23-55)41(18-10-12-24-56)49(50(42)52)43-30-40(57)20-22-45(43)65-52/h2-8,13-16,19-22,28-30,39,41,48-50,55-57H,1,9-12,17-18,23-27,31-35H2. The zero-order chi connectivity index (χ0) is 45.0. The molecule has 3 N–H and O–H groups in total. The molecule has 4 aromatic rings. The molecule has 0 bridgehead atoms. The number of aromatic hydroxyl groups is 1. The summed E-state index contributed by atoms with van der Waals surface area (Å²) in [6.07, 6.45) is 7.92. The normalized spacial score (nSPS) is 23.1. The highest BCUT2D eigenvalue weighted by Crippen LogP contribution is 2.62. The van der Waals surface area contributed by atoms with Crippen LogP contribution in [0.5, 0.6) is 23.0 Å². The predicted octanol–water partition coefficient (Wildman–Crippen LogP) is 8.81. The highest BCUT2D eigenvalue weighted by atomic mass is 16.7. The molecule has 8 rings (SSSR count). The number of aliphatic hydroxyl groups excluding tert-OH is 2. The second kappa shape index (κ2) is 21.9. The van der Waals surface area contributed by atoms with Crippen molar-refractivity contribution < 1.29 is 53.4 Å². The van der Waals surface area contributed by atoms with Crippen LogP contribution in [0.3, 0.4) is 0 Å². The zero-order valence-corrected chi connectivity index (χ0v) is 36.8. The van der Waals surface area contributed by atoms with Crippen LogP contribution < -0.4 is 14.2 Å². The molecule has 1 amide bonds. The first-order valence-corrected chi connectivity index (χ1v) is 22.8. The zero-order valence-electron chi connectivity index (χ0n) is 36.8. The molecule has 13 nitrogen and oxygen atoms in total. The number of ether oxygens (including phenoxy) is 6. The number of unbranched alkanes of at least 4 members (excludes halogenated alkanes) is 2. The van der Waals surface area contributed by atoms with E-state index in [2.05, 4.69) is 12.7 Å². The SMILES string of the molecule is C=CCOC12Oc3ccc(O)cc3C3C(CCCCO)C(CCCCO)C=C(C(=NOCc4ccccc4)CC1N(Cc1ccc4c(c1)OCO4)C(=O)OCCOCc1ccccc1)C32. The molecule has 0 aromatic heterocycles. The lowest BCUT2D eigenvalue weighted by atomic mass is 9.55. The Kier molecular flexibility index (Phi) is 15.4. The van der Waals surface area contributed by atoms with Crippen molar-refractivity contribution in [3.63, 3.8) is 0 Å². The van der Waals surface area contributed by atoms with Gasteiger partial charge in [-0.2, -0.15) is 0 Å². The van der Waals surface area contributed by atoms with Crippen LogP contribution in [-0.2, 0) is 38.8 Å². The van der Waals surface area contributed by atoms with Gasteiger partial charge < -0.3 is 48.6 Å². The molecule has 6 atom stereocenters. The first kappa shape index (κ1) is 45.7. The Bertz CT molecular complexity index is 2270. The van der Waals surface area contributed by atoms with Crippen LogP contribution in [0.25, 0.3) is 0 Å². The molecule has 6 unspecified atom stereocenters. The van der Waals surface area contributed by atoms with Gasteiger partial charge in [-0.05, 0) is 90.1 Å². The lowest BCUT2D eigenvalue weighted by Gasteiger charge is -2.59. The summed E-state index contributed by atoms with van der Waals surface area (Å²) in [5.41, 5.74) is 5.06. The topological polar surface area (TPSA) is 158 Å². The van der Waals surface area contributed by atoms with Crippen molar-refractivity contribution in [3.05, 3.63) is 144 Å². The van der Waals surface area contributed by atoms with Gasteiger partial charge in [0, 0.05) is 37.7 Å². The minimum Gasteiger partial charge on any atom is -0.508 e. The Morgan fingerprint density at radius 1 is 0.831 bits per heavy atom. The van der Waals surface area contributed by atoms with E-state index >= 15 is 0 Å². The van der Waals surface area contributed by atoms with Gasteiger partial charge in [-0.3, -0.25) is 4.90 Å². The Morgan fingerprint density at radius 2 is 1.55 bits per heavy atom. The molecule has 344 valence electrons. The summed E-state index contributed by atoms with van der Waals surface area (Å²) in [6.45, 7) is 5.19. The Morgan fingerprint density at radius 3 is 2.31 bits per heavy atom. The minimum atomic E-state index is -1.53. The fraction of sp³-hybridized carbons (Fsp3) is 0.423. The van der Waals surface area contributed by atoms with E-state index in [1.165, 1.54) is 0 Å². The largest absolute Gasteiger partial charge is 0.508 e. The number of benzene rings is 4. The molecule has 1 fully saturated rings. The molecular weight excluding hydrogens is 829 g/mol. The van der Waals surface area contributed by atoms with Gasteiger partial charge in [0.1, 0.15) is 30.8 Å². The molecule has 65 heavy (non-hydrogen) atoms. The fourth-order valence-electron chi connectivity index (χ4n) is 9.99. The lowest BCUT2D eigenvalue weighted by molar-refractivity contribution is -0.256. The fourth-order valence-corrected chi connectivity index (χ4v) is 9.99. The number of carbonyl (C=O) groups excluding carboxylic acids is 1. The Balaban J connectivity index is 1.25. The molecule has 13 heteroatoms. The van der Waals surface area contributed by atoms with Crippen molar-refractivity contribution in [2.75, 3.05) is 39.8 Å². The van der Waals surface area contributed by atoms with E-state index in [9.17, 15) is 20.1 Å². The van der Waals surface area contributed by atoms with E-state index in [4.69, 9.17) is 38.4 Å². The van der Waals surface area contributed by atoms with Crippen molar-refractivity contribution >= 4 is 11.8 Å². The van der Waals surface area contributed by atoms with Gasteiger partial charge in [-0.25, -0.2) is 4.79 Å². The smallest absolute Gasteiger partial charge is 0.410 e. The maximum Gasteiger partial charge on any atom is 0.410 e. The number of amides is 1. The van der Waals surface area contributed by atoms with Gasteiger partial charge in [0.2, 0.25) is 12.6 Å². The van der Waals surface area contributed by atoms with Crippen molar-refractivity contribution in [3.8, 4) is 23.0 Å². The molecule has 4 aliphatic rings. The first-order valence-electron chi connectivity index (χ1n) is 22.8. The number of rotatable bonds is 22. The number of allylic oxidation sites excluding steroid dienone is 1. The molecule has 1 saturated carbocycles. The van der Waals surface area contributed by atoms with E-state index in [1.54, 1.807) is 29.2 Å². The molecule has 0 saturated heterocycles. The first-order chi connectivity index (χ1) is 31.9. The van der Waals surface area contributed by atoms with E-state index in [0.29, 0.717) is 42.4 Å². The second-order valence-electron chi connectivity index (χ2n) is 17.0. The number of fused-ring (bicyclic) bond motifs is 3. The summed E-state index contributed by atoms with van der Waals surface area (Å²) in [5, 5.41) is 35.9. The average Bonchev–Trinajstić information content (AvgIpc) is 3.80. The van der Waals surface area contributed by atoms with Crippen molar-refractivity contribution in [1.82, 2.24) is 4.90 Å². The number of aliphatic hydroxyl groups is 2. The van der Waals surface area contributed by atoms with Crippen LogP contribution in [0.1, 0.15) is 73.1 Å². The van der Waals surface area contributed by atoms with E-state index < -0.39 is 23.8 Å². The van der Waals surface area contributed by atoms with E-state index in [0.717, 1.165) is 53.5 Å². The maximum absolute atomic E-state index is 15.0. The van der Waals surface area contributed by atoms with Crippen LogP contribution in [0.15, 0.2) is 127 Å². The highest BCUT2D eigenvalue weighted by molar-refractivity contribution is 6.03. The van der Waals surface area contributed by atoms with Gasteiger partial charge in [0.15, 0.2) is 11.5 Å². The average molecular weight is 889 g/mol. The van der Waals surface area contributed by atoms with Gasteiger partial charge >= 0.3 is 6.09 Å². The van der Waals surface area contributed by atoms with Crippen molar-refractivity contribution in [2.24, 2.45) is 22.9 Å². The summed E-state index contributed by atoms with van der Waals surface area (Å²) >= 11 is 0. The third-order valence-corrected chi connectivity index (χ3v) is 12.9. The molecule has 4 aromatic carbocycles. The van der Waals surface area contributed by atoms with Crippen molar-refractivity contribution in [2.45, 2.75) is 82.5 Å². The van der Waals surface area contributed by atoms with E-state index in [1.807, 2.05) is 78.9 Å². The van der Waals surface area contributed by atoms with Gasteiger partial charge in [0.05, 0.1) is 31.5 Å². The number of hydrogen-bond acceptors (Lipinski definition) is 12. The summed E-state index contributed by atoms with van der Waals surface area (Å²) in [6, 6.07) is 29.5. The molecule has 0 spiro atoms. The molecule has 2 heterocycles. The third kappa shape index (κ3) is 10.5. The van der Waals surface area contributed by atoms with Gasteiger partial charge in [0.25, 0.3) is 0 Å². The van der Waals surface area contributed by atoms with Crippen LogP contribution in [-0.4, -0.2) is 83.7 Å². The Labute approximate surface area is 380 Å². The molecule has 0 radical (unpaired) electrons. The van der Waals surface area contributed by atoms with E-state index in [-0.39, 0.29) is 82.9 Å². The monoisotopic (exact) mass is 888 g/mol. The van der Waals surface area contributed by atoms with Crippen molar-refractivity contribution in [1.29, 1.82) is 0 Å². The quantitative estimate of drug-likeness (QED) is 0.0394. The highest BCUT2D eigenvalue weighted by Gasteiger charge is 2.65. The van der Waals surface area contributed by atoms with Gasteiger partial charge in [-0.15, -0.1) is 6.58 Å². The van der Waals surface area contributed by atoms with Crippen LogP contribution in [0, 0.1) is 17.8 Å². The van der Waals surface area contributed by atoms with Crippen LogP contribution in [0.2, 0.25) is 0 Å². The molecule has 2 aliphatic heterocycles. The van der Waals surface area contributed by atoms with Gasteiger partial charge in [-0.1, -0.05) is 96.9 Å². The Hall–Kier alpha value is -5.86. The maximum atomic E-state index is 15.0. The molecular formula is C52H60N2O11. The second-order valence-corrected chi connectivity index (χ2v) is 17.0. The number of hydrogen-bond donors (Lipinski definition) is 3. The van der Waals surface area contributed by atoms with Crippen LogP contribution >= 0.6 is 0 Å². The lowest BCUT2D eigenvalue weighted by Crippen LogP contribution is -2.70. The van der Waals surface area contributed by atoms with Crippen LogP contribution in [0.4, 0.5) is 4.79 Å². The predicted molar refractivity (Wildman–Crippen MR) is 243 cm³/mol. The number of phenols is 1. The molecule has 2 aliphatic carbocycles. The third-order valence-electron chi connectivity index (χ3n) is 12.9. The summed E-state index contributed by atoms with van der Waals surface area (Å²) < 4.78 is 37.9. The number of nitrogens with zero attached hydrogens (tertiary/aromatic N) is 2. The number of oxime groups is 1.